The number of amides is 2. The molecule has 0 unspecified atom stereocenters. The molecule has 3 aromatic carbocycles. The molecule has 0 saturated carbocycles. The fraction of sp³-hybridized carbons (Fsp3) is 0.214. The van der Waals surface area contributed by atoms with E-state index in [1.54, 1.807) is 28.0 Å². The number of fused-ring (bicyclic) bond motifs is 1. The highest BCUT2D eigenvalue weighted by Gasteiger charge is 2.27. The molecule has 1 fully saturated rings. The SMILES string of the molecule is Cc1cccc(COc2cccc(C(=O)N3CCN(C(=O)c4cc5ccccc5o4)CC3)c2)c1. The van der Waals surface area contributed by atoms with Crippen molar-refractivity contribution in [1.29, 1.82) is 0 Å². The molecule has 0 spiro atoms. The first-order valence-corrected chi connectivity index (χ1v) is 11.4. The van der Waals surface area contributed by atoms with E-state index >= 15 is 0 Å². The molecule has 6 nitrogen and oxygen atoms in total. The van der Waals surface area contributed by atoms with Gasteiger partial charge in [0.2, 0.25) is 0 Å². The van der Waals surface area contributed by atoms with Crippen molar-refractivity contribution >= 4 is 22.8 Å². The molecule has 4 aromatic rings. The second-order valence-corrected chi connectivity index (χ2v) is 8.54. The number of rotatable bonds is 5. The van der Waals surface area contributed by atoms with E-state index < -0.39 is 0 Å². The Kier molecular flexibility index (Phi) is 6.04. The number of hydrogen-bond acceptors (Lipinski definition) is 4. The largest absolute Gasteiger partial charge is 0.489 e. The highest BCUT2D eigenvalue weighted by Crippen LogP contribution is 2.22. The molecule has 1 saturated heterocycles. The second kappa shape index (κ2) is 9.43. The topological polar surface area (TPSA) is 63.0 Å². The number of carbonyl (C=O) groups is 2. The van der Waals surface area contributed by atoms with Crippen LogP contribution in [-0.4, -0.2) is 47.8 Å². The van der Waals surface area contributed by atoms with E-state index in [-0.39, 0.29) is 11.8 Å². The fourth-order valence-electron chi connectivity index (χ4n) is 4.23. The average molecular weight is 455 g/mol. The zero-order chi connectivity index (χ0) is 23.5. The predicted molar refractivity (Wildman–Crippen MR) is 130 cm³/mol. The summed E-state index contributed by atoms with van der Waals surface area (Å²) in [6.45, 7) is 4.36. The Hall–Kier alpha value is -4.06. The van der Waals surface area contributed by atoms with Crippen molar-refractivity contribution in [2.24, 2.45) is 0 Å². The van der Waals surface area contributed by atoms with Gasteiger partial charge in [-0.05, 0) is 42.8 Å². The zero-order valence-electron chi connectivity index (χ0n) is 19.1. The number of aryl methyl sites for hydroxylation is 1. The van der Waals surface area contributed by atoms with Gasteiger partial charge in [0.25, 0.3) is 11.8 Å². The molecular formula is C28H26N2O4. The van der Waals surface area contributed by atoms with Gasteiger partial charge in [0, 0.05) is 37.1 Å². The van der Waals surface area contributed by atoms with E-state index in [9.17, 15) is 9.59 Å². The van der Waals surface area contributed by atoms with Gasteiger partial charge in [0.1, 0.15) is 17.9 Å². The van der Waals surface area contributed by atoms with Crippen molar-refractivity contribution < 1.29 is 18.7 Å². The van der Waals surface area contributed by atoms with Crippen LogP contribution in [0.4, 0.5) is 0 Å². The van der Waals surface area contributed by atoms with Crippen molar-refractivity contribution in [3.8, 4) is 5.75 Å². The lowest BCUT2D eigenvalue weighted by Crippen LogP contribution is -2.50. The third-order valence-corrected chi connectivity index (χ3v) is 6.06. The average Bonchev–Trinajstić information content (AvgIpc) is 3.31. The minimum atomic E-state index is -0.144. The Morgan fingerprint density at radius 1 is 0.824 bits per heavy atom. The van der Waals surface area contributed by atoms with Crippen LogP contribution in [0.15, 0.2) is 83.3 Å². The van der Waals surface area contributed by atoms with Crippen LogP contribution in [-0.2, 0) is 6.61 Å². The number of carbonyl (C=O) groups excluding carboxylic acids is 2. The van der Waals surface area contributed by atoms with E-state index in [2.05, 4.69) is 6.07 Å². The van der Waals surface area contributed by atoms with Crippen molar-refractivity contribution in [3.63, 3.8) is 0 Å². The van der Waals surface area contributed by atoms with Gasteiger partial charge < -0.3 is 19.0 Å². The lowest BCUT2D eigenvalue weighted by atomic mass is 10.1. The summed E-state index contributed by atoms with van der Waals surface area (Å²) < 4.78 is 11.6. The van der Waals surface area contributed by atoms with Crippen molar-refractivity contribution in [2.75, 3.05) is 26.2 Å². The van der Waals surface area contributed by atoms with E-state index in [1.807, 2.05) is 61.5 Å². The van der Waals surface area contributed by atoms with Crippen LogP contribution in [0.2, 0.25) is 0 Å². The van der Waals surface area contributed by atoms with Crippen LogP contribution < -0.4 is 4.74 Å². The van der Waals surface area contributed by atoms with Crippen LogP contribution in [0, 0.1) is 6.92 Å². The maximum absolute atomic E-state index is 13.1. The van der Waals surface area contributed by atoms with Crippen LogP contribution in [0.3, 0.4) is 0 Å². The minimum Gasteiger partial charge on any atom is -0.489 e. The number of ether oxygens (including phenoxy) is 1. The highest BCUT2D eigenvalue weighted by atomic mass is 16.5. The molecule has 0 N–H and O–H groups in total. The number of para-hydroxylation sites is 1. The number of furan rings is 1. The molecule has 0 atom stereocenters. The Morgan fingerprint density at radius 2 is 1.56 bits per heavy atom. The van der Waals surface area contributed by atoms with Crippen molar-refractivity contribution in [3.05, 3.63) is 101 Å². The molecule has 1 aromatic heterocycles. The molecule has 0 bridgehead atoms. The maximum Gasteiger partial charge on any atom is 0.289 e. The normalized spacial score (nSPS) is 13.8. The van der Waals surface area contributed by atoms with Gasteiger partial charge in [-0.15, -0.1) is 0 Å². The van der Waals surface area contributed by atoms with Gasteiger partial charge in [0.05, 0.1) is 0 Å². The summed E-state index contributed by atoms with van der Waals surface area (Å²) in [4.78, 5) is 29.5. The molecule has 0 radical (unpaired) electrons. The lowest BCUT2D eigenvalue weighted by molar-refractivity contribution is 0.0519. The Morgan fingerprint density at radius 3 is 2.32 bits per heavy atom. The number of piperazine rings is 1. The molecule has 2 amide bonds. The van der Waals surface area contributed by atoms with E-state index in [0.717, 1.165) is 10.9 Å². The standard InChI is InChI=1S/C28H26N2O4/c1-20-6-4-7-21(16-20)19-33-24-10-5-9-23(17-24)27(31)29-12-14-30(15-13-29)28(32)26-18-22-8-2-3-11-25(22)34-26/h2-11,16-18H,12-15,19H2,1H3. The first-order valence-electron chi connectivity index (χ1n) is 11.4. The highest BCUT2D eigenvalue weighted by molar-refractivity contribution is 5.97. The van der Waals surface area contributed by atoms with Gasteiger partial charge in [-0.3, -0.25) is 9.59 Å². The Labute approximate surface area is 198 Å². The summed E-state index contributed by atoms with van der Waals surface area (Å²) in [5, 5.41) is 0.907. The summed E-state index contributed by atoms with van der Waals surface area (Å²) in [6, 6.07) is 24.8. The first-order chi connectivity index (χ1) is 16.6. The Bertz CT molecular complexity index is 1300. The lowest BCUT2D eigenvalue weighted by Gasteiger charge is -2.34. The summed E-state index contributed by atoms with van der Waals surface area (Å²) in [7, 11) is 0. The van der Waals surface area contributed by atoms with Crippen LogP contribution >= 0.6 is 0 Å². The van der Waals surface area contributed by atoms with Crippen molar-refractivity contribution in [2.45, 2.75) is 13.5 Å². The summed E-state index contributed by atoms with van der Waals surface area (Å²) in [5.74, 6) is 0.789. The fourth-order valence-corrected chi connectivity index (χ4v) is 4.23. The molecule has 0 aliphatic carbocycles. The molecule has 34 heavy (non-hydrogen) atoms. The number of nitrogens with zero attached hydrogens (tertiary/aromatic N) is 2. The third-order valence-electron chi connectivity index (χ3n) is 6.06. The van der Waals surface area contributed by atoms with Crippen LogP contribution in [0.5, 0.6) is 5.75 Å². The minimum absolute atomic E-state index is 0.0585. The van der Waals surface area contributed by atoms with Crippen LogP contribution in [0.1, 0.15) is 32.0 Å². The van der Waals surface area contributed by atoms with Crippen molar-refractivity contribution in [1.82, 2.24) is 9.80 Å². The first kappa shape index (κ1) is 21.8. The van der Waals surface area contributed by atoms with Gasteiger partial charge in [-0.2, -0.15) is 0 Å². The van der Waals surface area contributed by atoms with Gasteiger partial charge in [-0.1, -0.05) is 54.1 Å². The monoisotopic (exact) mass is 454 g/mol. The molecule has 6 heteroatoms. The number of benzene rings is 3. The van der Waals surface area contributed by atoms with Gasteiger partial charge in [0.15, 0.2) is 5.76 Å². The molecular weight excluding hydrogens is 428 g/mol. The van der Waals surface area contributed by atoms with Gasteiger partial charge >= 0.3 is 0 Å². The van der Waals surface area contributed by atoms with E-state index in [1.165, 1.54) is 5.56 Å². The smallest absolute Gasteiger partial charge is 0.289 e. The van der Waals surface area contributed by atoms with Crippen LogP contribution in [0.25, 0.3) is 11.0 Å². The van der Waals surface area contributed by atoms with E-state index in [4.69, 9.17) is 9.15 Å². The molecule has 5 rings (SSSR count). The molecule has 172 valence electrons. The second-order valence-electron chi connectivity index (χ2n) is 8.54. The predicted octanol–water partition coefficient (Wildman–Crippen LogP) is 4.92. The zero-order valence-corrected chi connectivity index (χ0v) is 19.1. The summed E-state index contributed by atoms with van der Waals surface area (Å²) in [5.41, 5.74) is 3.55. The number of hydrogen-bond donors (Lipinski definition) is 0. The molecule has 2 heterocycles. The summed E-state index contributed by atoms with van der Waals surface area (Å²) in [6.07, 6.45) is 0. The third kappa shape index (κ3) is 4.66. The quantitative estimate of drug-likeness (QED) is 0.430. The Balaban J connectivity index is 1.19. The van der Waals surface area contributed by atoms with E-state index in [0.29, 0.717) is 55.4 Å². The van der Waals surface area contributed by atoms with Gasteiger partial charge in [-0.25, -0.2) is 0 Å². The maximum atomic E-state index is 13.1. The molecule has 1 aliphatic heterocycles. The molecule has 1 aliphatic rings. The summed E-state index contributed by atoms with van der Waals surface area (Å²) >= 11 is 0.